The SMILES string of the molecule is C[C@@H](NC(CO)[C@@H](O)Cc1ccccc1)c1ccccc1. The molecule has 0 aliphatic carbocycles. The number of benzene rings is 2. The van der Waals surface area contributed by atoms with Crippen LogP contribution in [0.1, 0.15) is 24.1 Å². The van der Waals surface area contributed by atoms with E-state index in [1.807, 2.05) is 67.6 Å². The van der Waals surface area contributed by atoms with E-state index in [1.54, 1.807) is 0 Å². The molecule has 2 rings (SSSR count). The summed E-state index contributed by atoms with van der Waals surface area (Å²) in [5.41, 5.74) is 2.21. The third-order valence-electron chi connectivity index (χ3n) is 3.71. The summed E-state index contributed by atoms with van der Waals surface area (Å²) in [7, 11) is 0. The maximum atomic E-state index is 10.3. The number of nitrogens with one attached hydrogen (secondary N) is 1. The van der Waals surface area contributed by atoms with Crippen LogP contribution in [0.4, 0.5) is 0 Å². The van der Waals surface area contributed by atoms with E-state index in [2.05, 4.69) is 5.32 Å². The molecule has 3 nitrogen and oxygen atoms in total. The standard InChI is InChI=1S/C18H23NO2/c1-14(16-10-6-3-7-11-16)19-17(13-20)18(21)12-15-8-4-2-5-9-15/h2-11,14,17-21H,12-13H2,1H3/t14-,17?,18+/m1/s1. The van der Waals surface area contributed by atoms with E-state index >= 15 is 0 Å². The monoisotopic (exact) mass is 285 g/mol. The Bertz CT molecular complexity index is 515. The van der Waals surface area contributed by atoms with Crippen LogP contribution in [0.2, 0.25) is 0 Å². The molecule has 0 aliphatic rings. The third kappa shape index (κ3) is 4.67. The highest BCUT2D eigenvalue weighted by atomic mass is 16.3. The molecular weight excluding hydrogens is 262 g/mol. The van der Waals surface area contributed by atoms with Crippen LogP contribution in [0.3, 0.4) is 0 Å². The van der Waals surface area contributed by atoms with Crippen molar-refractivity contribution in [3.8, 4) is 0 Å². The normalized spacial score (nSPS) is 15.4. The van der Waals surface area contributed by atoms with E-state index in [0.717, 1.165) is 11.1 Å². The van der Waals surface area contributed by atoms with Gasteiger partial charge in [-0.15, -0.1) is 0 Å². The molecule has 0 fully saturated rings. The van der Waals surface area contributed by atoms with Gasteiger partial charge >= 0.3 is 0 Å². The summed E-state index contributed by atoms with van der Waals surface area (Å²) in [4.78, 5) is 0. The molecule has 0 bridgehead atoms. The number of rotatable bonds is 7. The second-order valence-electron chi connectivity index (χ2n) is 5.35. The molecule has 1 unspecified atom stereocenters. The second kappa shape index (κ2) is 7.93. The van der Waals surface area contributed by atoms with Gasteiger partial charge in [-0.25, -0.2) is 0 Å². The van der Waals surface area contributed by atoms with E-state index in [-0.39, 0.29) is 18.7 Å². The maximum absolute atomic E-state index is 10.3. The Balaban J connectivity index is 1.96. The van der Waals surface area contributed by atoms with Gasteiger partial charge in [0.05, 0.1) is 18.8 Å². The molecule has 3 heteroatoms. The lowest BCUT2D eigenvalue weighted by Gasteiger charge is -2.26. The van der Waals surface area contributed by atoms with E-state index in [1.165, 1.54) is 0 Å². The predicted molar refractivity (Wildman–Crippen MR) is 85.0 cm³/mol. The fraction of sp³-hybridized carbons (Fsp3) is 0.333. The summed E-state index contributed by atoms with van der Waals surface area (Å²) < 4.78 is 0. The summed E-state index contributed by atoms with van der Waals surface area (Å²) in [5.74, 6) is 0. The van der Waals surface area contributed by atoms with Crippen LogP contribution >= 0.6 is 0 Å². The predicted octanol–water partition coefficient (Wildman–Crippen LogP) is 2.30. The van der Waals surface area contributed by atoms with Crippen molar-refractivity contribution in [2.45, 2.75) is 31.5 Å². The Hall–Kier alpha value is -1.68. The van der Waals surface area contributed by atoms with Gasteiger partial charge < -0.3 is 15.5 Å². The lowest BCUT2D eigenvalue weighted by atomic mass is 10.0. The number of aliphatic hydroxyl groups is 2. The average molecular weight is 285 g/mol. The van der Waals surface area contributed by atoms with Crippen molar-refractivity contribution in [2.75, 3.05) is 6.61 Å². The summed E-state index contributed by atoms with van der Waals surface area (Å²) in [6.07, 6.45) is -0.0934. The molecule has 0 aromatic heterocycles. The van der Waals surface area contributed by atoms with Gasteiger partial charge in [0.1, 0.15) is 0 Å². The molecule has 112 valence electrons. The summed E-state index contributed by atoms with van der Waals surface area (Å²) in [6, 6.07) is 19.6. The van der Waals surface area contributed by atoms with Gasteiger partial charge in [0.25, 0.3) is 0 Å². The molecule has 3 N–H and O–H groups in total. The van der Waals surface area contributed by atoms with Gasteiger partial charge in [-0.05, 0) is 24.5 Å². The molecule has 0 saturated heterocycles. The van der Waals surface area contributed by atoms with E-state index in [4.69, 9.17) is 0 Å². The summed E-state index contributed by atoms with van der Waals surface area (Å²) >= 11 is 0. The van der Waals surface area contributed by atoms with Crippen LogP contribution in [0.25, 0.3) is 0 Å². The summed E-state index contributed by atoms with van der Waals surface area (Å²) in [6.45, 7) is 1.94. The van der Waals surface area contributed by atoms with Crippen molar-refractivity contribution in [1.29, 1.82) is 0 Å². The zero-order valence-corrected chi connectivity index (χ0v) is 12.3. The largest absolute Gasteiger partial charge is 0.395 e. The Morgan fingerprint density at radius 2 is 1.52 bits per heavy atom. The second-order valence-corrected chi connectivity index (χ2v) is 5.35. The molecule has 0 spiro atoms. The molecule has 0 heterocycles. The first-order valence-electron chi connectivity index (χ1n) is 7.34. The van der Waals surface area contributed by atoms with E-state index in [0.29, 0.717) is 6.42 Å². The first kappa shape index (κ1) is 15.7. The van der Waals surface area contributed by atoms with Gasteiger partial charge in [0.15, 0.2) is 0 Å². The van der Waals surface area contributed by atoms with Gasteiger partial charge in [0.2, 0.25) is 0 Å². The number of aliphatic hydroxyl groups excluding tert-OH is 2. The van der Waals surface area contributed by atoms with Crippen molar-refractivity contribution in [3.05, 3.63) is 71.8 Å². The fourth-order valence-electron chi connectivity index (χ4n) is 2.44. The van der Waals surface area contributed by atoms with Gasteiger partial charge in [-0.3, -0.25) is 0 Å². The molecule has 0 radical (unpaired) electrons. The maximum Gasteiger partial charge on any atom is 0.0756 e. The van der Waals surface area contributed by atoms with Crippen molar-refractivity contribution in [3.63, 3.8) is 0 Å². The van der Waals surface area contributed by atoms with E-state index < -0.39 is 6.10 Å². The van der Waals surface area contributed by atoms with Gasteiger partial charge in [0, 0.05) is 6.04 Å². The molecule has 0 aliphatic heterocycles. The number of hydrogen-bond acceptors (Lipinski definition) is 3. The van der Waals surface area contributed by atoms with Crippen molar-refractivity contribution in [1.82, 2.24) is 5.32 Å². The first-order valence-corrected chi connectivity index (χ1v) is 7.34. The molecule has 2 aromatic rings. The molecule has 21 heavy (non-hydrogen) atoms. The zero-order valence-electron chi connectivity index (χ0n) is 12.3. The molecule has 0 saturated carbocycles. The van der Waals surface area contributed by atoms with Crippen LogP contribution in [-0.2, 0) is 6.42 Å². The van der Waals surface area contributed by atoms with Crippen molar-refractivity contribution in [2.24, 2.45) is 0 Å². The Labute approximate surface area is 126 Å². The molecule has 3 atom stereocenters. The first-order chi connectivity index (χ1) is 10.2. The Morgan fingerprint density at radius 1 is 0.952 bits per heavy atom. The van der Waals surface area contributed by atoms with Gasteiger partial charge in [-0.2, -0.15) is 0 Å². The molecule has 0 amide bonds. The van der Waals surface area contributed by atoms with Crippen LogP contribution in [0.5, 0.6) is 0 Å². The van der Waals surface area contributed by atoms with Gasteiger partial charge in [-0.1, -0.05) is 60.7 Å². The van der Waals surface area contributed by atoms with Crippen molar-refractivity contribution >= 4 is 0 Å². The highest BCUT2D eigenvalue weighted by molar-refractivity contribution is 5.19. The van der Waals surface area contributed by atoms with E-state index in [9.17, 15) is 10.2 Å². The smallest absolute Gasteiger partial charge is 0.0756 e. The molecule has 2 aromatic carbocycles. The lowest BCUT2D eigenvalue weighted by Crippen LogP contribution is -2.44. The Kier molecular flexibility index (Phi) is 5.93. The minimum Gasteiger partial charge on any atom is -0.395 e. The quantitative estimate of drug-likeness (QED) is 0.731. The minimum absolute atomic E-state index is 0.0776. The highest BCUT2D eigenvalue weighted by Gasteiger charge is 2.21. The lowest BCUT2D eigenvalue weighted by molar-refractivity contribution is 0.0847. The highest BCUT2D eigenvalue weighted by Crippen LogP contribution is 2.14. The van der Waals surface area contributed by atoms with Crippen LogP contribution in [0.15, 0.2) is 60.7 Å². The minimum atomic E-state index is -0.622. The summed E-state index contributed by atoms with van der Waals surface area (Å²) in [5, 5.41) is 23.2. The average Bonchev–Trinajstić information content (AvgIpc) is 2.54. The zero-order chi connectivity index (χ0) is 15.1. The van der Waals surface area contributed by atoms with Crippen molar-refractivity contribution < 1.29 is 10.2 Å². The van der Waals surface area contributed by atoms with Crippen LogP contribution in [0, 0.1) is 0 Å². The Morgan fingerprint density at radius 3 is 2.10 bits per heavy atom. The van der Waals surface area contributed by atoms with Crippen LogP contribution in [-0.4, -0.2) is 29.0 Å². The topological polar surface area (TPSA) is 52.5 Å². The molecular formula is C18H23NO2. The third-order valence-corrected chi connectivity index (χ3v) is 3.71. The number of hydrogen-bond donors (Lipinski definition) is 3. The fourth-order valence-corrected chi connectivity index (χ4v) is 2.44. The van der Waals surface area contributed by atoms with Crippen LogP contribution < -0.4 is 5.32 Å².